The van der Waals surface area contributed by atoms with Crippen molar-refractivity contribution in [2.45, 2.75) is 0 Å². The Morgan fingerprint density at radius 2 is 0.818 bits per heavy atom. The van der Waals surface area contributed by atoms with E-state index in [-0.39, 0.29) is 0 Å². The lowest BCUT2D eigenvalue weighted by atomic mass is 10.1. The Kier molecular flexibility index (Phi) is 5.45. The van der Waals surface area contributed by atoms with Gasteiger partial charge in [-0.15, -0.1) is 0 Å². The molecule has 2 heterocycles. The van der Waals surface area contributed by atoms with Crippen molar-refractivity contribution < 1.29 is 0 Å². The predicted octanol–water partition coefficient (Wildman–Crippen LogP) is 10.8. The topological polar surface area (TPSA) is 9.86 Å². The Labute approximate surface area is 255 Å². The maximum absolute atomic E-state index is 3.07. The van der Waals surface area contributed by atoms with E-state index < -0.39 is 0 Å². The van der Waals surface area contributed by atoms with Crippen molar-refractivity contribution in [1.82, 2.24) is 9.13 Å². The number of hydrogen-bond donors (Lipinski definition) is 0. The fraction of sp³-hybridized carbons (Fsp3) is 0. The van der Waals surface area contributed by atoms with Crippen molar-refractivity contribution in [3.63, 3.8) is 0 Å². The second kappa shape index (κ2) is 9.76. The predicted molar refractivity (Wildman–Crippen MR) is 184 cm³/mol. The summed E-state index contributed by atoms with van der Waals surface area (Å²) >= 11 is 0. The third-order valence-corrected chi connectivity index (χ3v) is 8.82. The van der Waals surface area contributed by atoms with Gasteiger partial charge in [-0.2, -0.15) is 0 Å². The summed E-state index contributed by atoms with van der Waals surface area (Å²) in [5.74, 6) is 0. The maximum Gasteiger partial charge on any atom is 0.0548 e. The monoisotopic (exact) mass is 558 g/mol. The van der Waals surface area contributed by atoms with E-state index in [2.05, 4.69) is 167 Å². The number of fused-ring (bicyclic) bond motifs is 7. The van der Waals surface area contributed by atoms with Crippen molar-refractivity contribution in [3.05, 3.63) is 170 Å². The zero-order valence-corrected chi connectivity index (χ0v) is 23.9. The van der Waals surface area contributed by atoms with Crippen LogP contribution in [0.4, 0.5) is 0 Å². The van der Waals surface area contributed by atoms with Crippen LogP contribution in [-0.2, 0) is 0 Å². The van der Waals surface area contributed by atoms with E-state index in [1.54, 1.807) is 0 Å². The molecule has 2 nitrogen and oxygen atoms in total. The number of para-hydroxylation sites is 2. The smallest absolute Gasteiger partial charge is 0.0548 e. The SMILES string of the molecule is c1ccc(-c2ccc(-n3c4ccccc4c4c5c6ccccc6n(-c6ccc(-c7ccccc7)cc6)c5ccc43)cc2)cc#1. The van der Waals surface area contributed by atoms with Crippen molar-refractivity contribution in [2.75, 3.05) is 0 Å². The lowest BCUT2D eigenvalue weighted by molar-refractivity contribution is 1.17. The van der Waals surface area contributed by atoms with Gasteiger partial charge in [0.25, 0.3) is 0 Å². The highest BCUT2D eigenvalue weighted by molar-refractivity contribution is 6.28. The summed E-state index contributed by atoms with van der Waals surface area (Å²) in [4.78, 5) is 0. The van der Waals surface area contributed by atoms with Crippen LogP contribution in [0.25, 0.3) is 77.2 Å². The van der Waals surface area contributed by atoms with E-state index in [9.17, 15) is 0 Å². The minimum Gasteiger partial charge on any atom is -0.309 e. The van der Waals surface area contributed by atoms with E-state index in [0.717, 1.165) is 16.9 Å². The molecule has 9 aromatic rings. The van der Waals surface area contributed by atoms with Gasteiger partial charge < -0.3 is 9.13 Å². The number of nitrogens with zero attached hydrogens (tertiary/aromatic N) is 2. The molecule has 0 unspecified atom stereocenters. The summed E-state index contributed by atoms with van der Waals surface area (Å²) in [7, 11) is 0. The maximum atomic E-state index is 3.07. The third-order valence-electron chi connectivity index (χ3n) is 8.82. The third kappa shape index (κ3) is 3.70. The van der Waals surface area contributed by atoms with Gasteiger partial charge in [-0.05, 0) is 89.0 Å². The Hall–Kier alpha value is -6.04. The molecule has 0 aliphatic rings. The summed E-state index contributed by atoms with van der Waals surface area (Å²) in [6.07, 6.45) is 0. The van der Waals surface area contributed by atoms with Gasteiger partial charge in [-0.1, -0.05) is 103 Å². The van der Waals surface area contributed by atoms with Crippen LogP contribution in [0.15, 0.2) is 158 Å². The number of aromatic nitrogens is 2. The van der Waals surface area contributed by atoms with Crippen LogP contribution in [0.2, 0.25) is 0 Å². The van der Waals surface area contributed by atoms with Crippen LogP contribution in [0, 0.1) is 12.1 Å². The van der Waals surface area contributed by atoms with Crippen LogP contribution < -0.4 is 0 Å². The average Bonchev–Trinajstić information content (AvgIpc) is 3.62. The Morgan fingerprint density at radius 1 is 0.341 bits per heavy atom. The summed E-state index contributed by atoms with van der Waals surface area (Å²) in [6.45, 7) is 0. The first-order valence-electron chi connectivity index (χ1n) is 14.9. The Bertz CT molecular complexity index is 2270. The van der Waals surface area contributed by atoms with Gasteiger partial charge in [0.1, 0.15) is 0 Å². The zero-order valence-electron chi connectivity index (χ0n) is 23.9. The summed E-state index contributed by atoms with van der Waals surface area (Å²) < 4.78 is 4.81. The molecule has 0 spiro atoms. The molecule has 0 atom stereocenters. The van der Waals surface area contributed by atoms with Crippen molar-refractivity contribution in [2.24, 2.45) is 0 Å². The Balaban J connectivity index is 1.29. The van der Waals surface area contributed by atoms with Crippen LogP contribution in [0.1, 0.15) is 0 Å². The minimum absolute atomic E-state index is 1.14. The molecular weight excluding hydrogens is 532 g/mol. The van der Waals surface area contributed by atoms with Crippen LogP contribution >= 0.6 is 0 Å². The first kappa shape index (κ1) is 24.5. The van der Waals surface area contributed by atoms with Crippen molar-refractivity contribution in [1.29, 1.82) is 0 Å². The highest BCUT2D eigenvalue weighted by Crippen LogP contribution is 2.42. The fourth-order valence-electron chi connectivity index (χ4n) is 6.84. The molecular formula is C42H26N2. The van der Waals surface area contributed by atoms with Crippen molar-refractivity contribution >= 4 is 43.6 Å². The normalized spacial score (nSPS) is 11.5. The molecule has 0 bridgehead atoms. The lowest BCUT2D eigenvalue weighted by Crippen LogP contribution is -1.95. The first-order chi connectivity index (χ1) is 21.8. The average molecular weight is 559 g/mol. The van der Waals surface area contributed by atoms with Gasteiger partial charge in [0, 0.05) is 32.9 Å². The fourth-order valence-corrected chi connectivity index (χ4v) is 6.84. The van der Waals surface area contributed by atoms with Crippen LogP contribution in [0.5, 0.6) is 0 Å². The molecule has 44 heavy (non-hydrogen) atoms. The number of rotatable bonds is 4. The molecule has 7 aromatic carbocycles. The standard InChI is InChI=1S/C42H26N2/c1-3-11-29(12-4-1)31-19-23-33(24-20-31)43-37-17-9-7-15-35(37)41-39(43)27-28-40-42(41)36-16-8-10-18-38(36)44(40)34-25-21-32(22-26-34)30-13-5-2-6-14-30/h1,3-5,7-28H. The van der Waals surface area contributed by atoms with Gasteiger partial charge in [0.05, 0.1) is 22.1 Å². The van der Waals surface area contributed by atoms with Gasteiger partial charge >= 0.3 is 0 Å². The molecule has 2 aromatic heterocycles. The molecule has 0 aliphatic carbocycles. The number of hydrogen-bond acceptors (Lipinski definition) is 0. The van der Waals surface area contributed by atoms with Crippen molar-refractivity contribution in [3.8, 4) is 33.6 Å². The molecule has 0 saturated carbocycles. The summed E-state index contributed by atoms with van der Waals surface area (Å²) in [6, 6.07) is 62.5. The van der Waals surface area contributed by atoms with Crippen LogP contribution in [0.3, 0.4) is 0 Å². The minimum atomic E-state index is 1.14. The molecule has 0 saturated heterocycles. The Morgan fingerprint density at radius 3 is 1.34 bits per heavy atom. The second-order valence-electron chi connectivity index (χ2n) is 11.2. The summed E-state index contributed by atoms with van der Waals surface area (Å²) in [5.41, 5.74) is 11.9. The molecule has 0 fully saturated rings. The van der Waals surface area contributed by atoms with E-state index in [1.807, 2.05) is 12.1 Å². The lowest BCUT2D eigenvalue weighted by Gasteiger charge is -2.11. The molecule has 0 aliphatic heterocycles. The molecule has 0 radical (unpaired) electrons. The second-order valence-corrected chi connectivity index (χ2v) is 11.2. The highest BCUT2D eigenvalue weighted by Gasteiger charge is 2.20. The van der Waals surface area contributed by atoms with Crippen LogP contribution in [-0.4, -0.2) is 9.13 Å². The largest absolute Gasteiger partial charge is 0.309 e. The van der Waals surface area contributed by atoms with E-state index >= 15 is 0 Å². The van der Waals surface area contributed by atoms with E-state index in [4.69, 9.17) is 0 Å². The highest BCUT2D eigenvalue weighted by atomic mass is 15.0. The quantitative estimate of drug-likeness (QED) is 0.203. The van der Waals surface area contributed by atoms with Gasteiger partial charge in [-0.3, -0.25) is 0 Å². The van der Waals surface area contributed by atoms with E-state index in [1.165, 1.54) is 60.3 Å². The summed E-state index contributed by atoms with van der Waals surface area (Å²) in [5, 5.41) is 5.09. The molecule has 0 N–H and O–H groups in total. The van der Waals surface area contributed by atoms with Gasteiger partial charge in [0.15, 0.2) is 0 Å². The number of benzene rings is 6. The first-order valence-corrected chi connectivity index (χ1v) is 14.9. The van der Waals surface area contributed by atoms with Gasteiger partial charge in [0.2, 0.25) is 0 Å². The zero-order chi connectivity index (χ0) is 29.0. The molecule has 9 rings (SSSR count). The molecule has 2 heteroatoms. The van der Waals surface area contributed by atoms with Gasteiger partial charge in [-0.25, -0.2) is 0 Å². The molecule has 0 amide bonds. The van der Waals surface area contributed by atoms with E-state index in [0.29, 0.717) is 0 Å². The molecule has 204 valence electrons.